The summed E-state index contributed by atoms with van der Waals surface area (Å²) in [6, 6.07) is 7.59. The number of pyridine rings is 1. The van der Waals surface area contributed by atoms with Crippen molar-refractivity contribution in [3.63, 3.8) is 0 Å². The molecule has 0 radical (unpaired) electrons. The number of nitrogens with zero attached hydrogens (tertiary/aromatic N) is 3. The van der Waals surface area contributed by atoms with Gasteiger partial charge in [0.05, 0.1) is 14.2 Å². The molecule has 0 unspecified atom stereocenters. The van der Waals surface area contributed by atoms with Crippen molar-refractivity contribution in [2.24, 2.45) is 11.8 Å². The van der Waals surface area contributed by atoms with Gasteiger partial charge in [0.25, 0.3) is 5.91 Å². The van der Waals surface area contributed by atoms with E-state index in [9.17, 15) is 14.4 Å². The zero-order chi connectivity index (χ0) is 28.1. The zero-order valence-corrected chi connectivity index (χ0v) is 23.6. The number of carbonyl (C=O) groups excluding carboxylic acids is 3. The Morgan fingerprint density at radius 3 is 2.58 bits per heavy atom. The molecule has 40 heavy (non-hydrogen) atoms. The van der Waals surface area contributed by atoms with E-state index in [0.29, 0.717) is 68.9 Å². The Kier molecular flexibility index (Phi) is 8.87. The van der Waals surface area contributed by atoms with Gasteiger partial charge in [0.2, 0.25) is 11.8 Å². The standard InChI is InChI=1S/C31H40N4O5/c1-39-27-17-21-8-9-29(37)35-19-22-16-25(20-34(18-22)31(38)23-10-13-32-14-11-23)26(35)6-3-7-28(36)33-12-4-5-24(15-21)30(27)40-2/h10-11,13-15,17,22,25-26H,3-9,12,16,18-20H2,1-2H3,(H,33,36)/t22-,25-,26-/m0/s1. The van der Waals surface area contributed by atoms with Gasteiger partial charge in [-0.1, -0.05) is 6.07 Å². The molecule has 0 aliphatic carbocycles. The van der Waals surface area contributed by atoms with Crippen molar-refractivity contribution in [1.29, 1.82) is 0 Å². The minimum Gasteiger partial charge on any atom is -0.493 e. The summed E-state index contributed by atoms with van der Waals surface area (Å²) in [6.45, 7) is 2.51. The van der Waals surface area contributed by atoms with Crippen LogP contribution < -0.4 is 14.8 Å². The number of rotatable bonds is 3. The number of amides is 3. The number of ether oxygens (including phenoxy) is 2. The molecule has 3 amide bonds. The van der Waals surface area contributed by atoms with Crippen molar-refractivity contribution in [3.05, 3.63) is 53.3 Å². The van der Waals surface area contributed by atoms with Crippen molar-refractivity contribution >= 4 is 17.7 Å². The van der Waals surface area contributed by atoms with E-state index >= 15 is 0 Å². The number of hydrogen-bond donors (Lipinski definition) is 1. The van der Waals surface area contributed by atoms with E-state index in [1.165, 1.54) is 0 Å². The van der Waals surface area contributed by atoms with Crippen molar-refractivity contribution in [2.75, 3.05) is 40.4 Å². The lowest BCUT2D eigenvalue weighted by Crippen LogP contribution is -2.60. The van der Waals surface area contributed by atoms with Gasteiger partial charge in [0, 0.05) is 63.0 Å². The minimum absolute atomic E-state index is 0.0125. The highest BCUT2D eigenvalue weighted by Gasteiger charge is 2.43. The van der Waals surface area contributed by atoms with Gasteiger partial charge in [-0.3, -0.25) is 19.4 Å². The van der Waals surface area contributed by atoms with E-state index in [1.54, 1.807) is 38.7 Å². The molecule has 4 bridgehead atoms. The molecular weight excluding hydrogens is 508 g/mol. The van der Waals surface area contributed by atoms with Crippen LogP contribution in [0.3, 0.4) is 0 Å². The summed E-state index contributed by atoms with van der Waals surface area (Å²) in [7, 11) is 3.26. The topological polar surface area (TPSA) is 101 Å². The number of fused-ring (bicyclic) bond motifs is 6. The average molecular weight is 549 g/mol. The van der Waals surface area contributed by atoms with Gasteiger partial charge in [0.15, 0.2) is 11.5 Å². The van der Waals surface area contributed by atoms with Crippen LogP contribution in [0.2, 0.25) is 0 Å². The number of likely N-dealkylation sites (tertiary alicyclic amines) is 1. The lowest BCUT2D eigenvalue weighted by molar-refractivity contribution is -0.140. The Bertz CT molecular complexity index is 1220. The largest absolute Gasteiger partial charge is 0.493 e. The molecule has 1 N–H and O–H groups in total. The third-order valence-corrected chi connectivity index (χ3v) is 8.60. The molecule has 9 heteroatoms. The predicted molar refractivity (Wildman–Crippen MR) is 150 cm³/mol. The molecule has 2 aromatic rings. The molecule has 214 valence electrons. The third kappa shape index (κ3) is 6.24. The summed E-state index contributed by atoms with van der Waals surface area (Å²) < 4.78 is 11.3. The van der Waals surface area contributed by atoms with Gasteiger partial charge in [0.1, 0.15) is 0 Å². The Labute approximate surface area is 236 Å². The lowest BCUT2D eigenvalue weighted by Gasteiger charge is -2.51. The number of hydrogen-bond acceptors (Lipinski definition) is 6. The van der Waals surface area contributed by atoms with Gasteiger partial charge in [-0.15, -0.1) is 0 Å². The van der Waals surface area contributed by atoms with Crippen LogP contribution in [0.5, 0.6) is 11.5 Å². The van der Waals surface area contributed by atoms with Crippen LogP contribution in [0, 0.1) is 11.8 Å². The smallest absolute Gasteiger partial charge is 0.253 e. The first kappa shape index (κ1) is 27.9. The van der Waals surface area contributed by atoms with Crippen LogP contribution in [0.15, 0.2) is 36.7 Å². The molecule has 1 aromatic carbocycles. The molecule has 4 heterocycles. The van der Waals surface area contributed by atoms with Gasteiger partial charge in [-0.2, -0.15) is 0 Å². The Morgan fingerprint density at radius 1 is 0.975 bits per heavy atom. The molecule has 3 atom stereocenters. The van der Waals surface area contributed by atoms with Crippen LogP contribution in [-0.4, -0.2) is 78.9 Å². The maximum atomic E-state index is 13.7. The number of aryl methyl sites for hydroxylation is 2. The Balaban J connectivity index is 1.37. The highest BCUT2D eigenvalue weighted by molar-refractivity contribution is 5.94. The average Bonchev–Trinajstić information content (AvgIpc) is 2.98. The van der Waals surface area contributed by atoms with Crippen LogP contribution in [-0.2, 0) is 22.4 Å². The molecule has 3 aliphatic heterocycles. The summed E-state index contributed by atoms with van der Waals surface area (Å²) in [4.78, 5) is 47.7. The lowest BCUT2D eigenvalue weighted by atomic mass is 9.77. The molecule has 9 nitrogen and oxygen atoms in total. The van der Waals surface area contributed by atoms with Gasteiger partial charge >= 0.3 is 0 Å². The fourth-order valence-electron chi connectivity index (χ4n) is 6.74. The normalized spacial score (nSPS) is 24.1. The highest BCUT2D eigenvalue weighted by Crippen LogP contribution is 2.37. The second-order valence-electron chi connectivity index (χ2n) is 11.3. The molecule has 3 aliphatic rings. The maximum Gasteiger partial charge on any atom is 0.253 e. The molecule has 2 saturated heterocycles. The highest BCUT2D eigenvalue weighted by atomic mass is 16.5. The number of nitrogens with one attached hydrogen (secondary N) is 1. The first-order valence-electron chi connectivity index (χ1n) is 14.5. The summed E-state index contributed by atoms with van der Waals surface area (Å²) in [5, 5.41) is 3.05. The maximum absolute atomic E-state index is 13.7. The van der Waals surface area contributed by atoms with Crippen LogP contribution in [0.1, 0.15) is 60.0 Å². The van der Waals surface area contributed by atoms with Crippen LogP contribution in [0.25, 0.3) is 0 Å². The minimum atomic E-state index is 0.0125. The molecule has 0 spiro atoms. The number of benzene rings is 1. The van der Waals surface area contributed by atoms with Gasteiger partial charge in [-0.25, -0.2) is 0 Å². The van der Waals surface area contributed by atoms with Crippen LogP contribution in [0.4, 0.5) is 0 Å². The van der Waals surface area contributed by atoms with Crippen LogP contribution >= 0.6 is 0 Å². The number of carbonyl (C=O) groups is 3. The summed E-state index contributed by atoms with van der Waals surface area (Å²) in [6.07, 6.45) is 8.75. The van der Waals surface area contributed by atoms with Crippen molar-refractivity contribution in [1.82, 2.24) is 20.1 Å². The van der Waals surface area contributed by atoms with E-state index in [0.717, 1.165) is 36.8 Å². The summed E-state index contributed by atoms with van der Waals surface area (Å²) in [5.74, 6) is 2.00. The van der Waals surface area contributed by atoms with Crippen molar-refractivity contribution in [3.8, 4) is 11.5 Å². The third-order valence-electron chi connectivity index (χ3n) is 8.60. The number of methoxy groups -OCH3 is 2. The molecule has 0 saturated carbocycles. The van der Waals surface area contributed by atoms with Gasteiger partial charge in [-0.05, 0) is 79.7 Å². The second kappa shape index (κ2) is 12.7. The predicted octanol–water partition coefficient (Wildman–Crippen LogP) is 3.25. The van der Waals surface area contributed by atoms with E-state index in [4.69, 9.17) is 9.47 Å². The Hall–Kier alpha value is -3.62. The zero-order valence-electron chi connectivity index (χ0n) is 23.6. The Morgan fingerprint density at radius 2 is 1.80 bits per heavy atom. The monoisotopic (exact) mass is 548 g/mol. The van der Waals surface area contributed by atoms with E-state index in [2.05, 4.69) is 21.3 Å². The molecule has 1 aromatic heterocycles. The second-order valence-corrected chi connectivity index (χ2v) is 11.3. The molecule has 5 rings (SSSR count). The van der Waals surface area contributed by atoms with Crippen molar-refractivity contribution in [2.45, 2.75) is 57.4 Å². The quantitative estimate of drug-likeness (QED) is 0.632. The first-order chi connectivity index (χ1) is 19.5. The first-order valence-corrected chi connectivity index (χ1v) is 14.5. The summed E-state index contributed by atoms with van der Waals surface area (Å²) >= 11 is 0. The molecule has 2 fully saturated rings. The van der Waals surface area contributed by atoms with Crippen molar-refractivity contribution < 1.29 is 23.9 Å². The number of piperidine rings is 2. The van der Waals surface area contributed by atoms with E-state index in [1.807, 2.05) is 11.0 Å². The fourth-order valence-corrected chi connectivity index (χ4v) is 6.74. The van der Waals surface area contributed by atoms with Gasteiger partial charge < -0.3 is 24.6 Å². The van der Waals surface area contributed by atoms with E-state index < -0.39 is 0 Å². The summed E-state index contributed by atoms with van der Waals surface area (Å²) in [5.41, 5.74) is 2.71. The molecular formula is C31H40N4O5. The van der Waals surface area contributed by atoms with E-state index in [-0.39, 0.29) is 35.6 Å². The fraction of sp³-hybridized carbons (Fsp3) is 0.548. The number of aromatic nitrogens is 1. The SMILES string of the molecule is COc1cc2cc(c1OC)CCCNC(=O)CCC[C@H]1[C@H]3C[C@@H](CN(C(=O)c4ccncc4)C3)CN1C(=O)CC2.